The maximum atomic E-state index is 13.1. The van der Waals surface area contributed by atoms with E-state index in [1.165, 1.54) is 0 Å². The monoisotopic (exact) mass is 410 g/mol. The molecule has 0 amide bonds. The maximum Gasteiger partial charge on any atom is 0.573 e. The summed E-state index contributed by atoms with van der Waals surface area (Å²) in [6, 6.07) is 1.86. The second kappa shape index (κ2) is 6.31. The lowest BCUT2D eigenvalue weighted by molar-refractivity contribution is -0.274. The van der Waals surface area contributed by atoms with Crippen molar-refractivity contribution >= 4 is 18.7 Å². The third-order valence-electron chi connectivity index (χ3n) is 4.88. The van der Waals surface area contributed by atoms with Gasteiger partial charge in [0.25, 0.3) is 0 Å². The first kappa shape index (κ1) is 20.8. The van der Waals surface area contributed by atoms with Gasteiger partial charge in [0.2, 0.25) is 6.10 Å². The van der Waals surface area contributed by atoms with Crippen molar-refractivity contribution in [3.8, 4) is 11.5 Å². The zero-order chi connectivity index (χ0) is 21.1. The van der Waals surface area contributed by atoms with Gasteiger partial charge in [0.15, 0.2) is 0 Å². The molecule has 1 fully saturated rings. The Morgan fingerprint density at radius 1 is 0.964 bits per heavy atom. The Kier molecular flexibility index (Phi) is 4.70. The van der Waals surface area contributed by atoms with Crippen LogP contribution in [-0.2, 0) is 9.31 Å². The van der Waals surface area contributed by atoms with E-state index in [1.54, 1.807) is 27.7 Å². The van der Waals surface area contributed by atoms with E-state index in [9.17, 15) is 26.3 Å². The quantitative estimate of drug-likeness (QED) is 0.541. The van der Waals surface area contributed by atoms with Gasteiger partial charge in [-0.3, -0.25) is 0 Å². The first-order valence-electron chi connectivity index (χ1n) is 8.30. The van der Waals surface area contributed by atoms with E-state index in [4.69, 9.17) is 14.0 Å². The molecule has 0 radical (unpaired) electrons. The van der Waals surface area contributed by atoms with Crippen molar-refractivity contribution < 1.29 is 45.1 Å². The van der Waals surface area contributed by atoms with E-state index in [1.807, 2.05) is 0 Å². The predicted octanol–water partition coefficient (Wildman–Crippen LogP) is 4.22. The summed E-state index contributed by atoms with van der Waals surface area (Å²) in [6.45, 7) is 6.81. The van der Waals surface area contributed by atoms with Gasteiger partial charge in [-0.15, -0.1) is 13.2 Å². The maximum absolute atomic E-state index is 13.1. The lowest BCUT2D eigenvalue weighted by Crippen LogP contribution is -2.41. The normalized spacial score (nSPS) is 23.4. The van der Waals surface area contributed by atoms with Crippen molar-refractivity contribution in [1.82, 2.24) is 0 Å². The fourth-order valence-electron chi connectivity index (χ4n) is 2.78. The molecule has 0 bridgehead atoms. The molecule has 2 aliphatic rings. The first-order chi connectivity index (χ1) is 12.6. The largest absolute Gasteiger partial charge is 0.573 e. The average molecular weight is 410 g/mol. The van der Waals surface area contributed by atoms with Crippen LogP contribution in [0.3, 0.4) is 0 Å². The molecule has 0 saturated carbocycles. The van der Waals surface area contributed by atoms with E-state index in [2.05, 4.69) is 4.74 Å². The van der Waals surface area contributed by atoms with Gasteiger partial charge in [-0.05, 0) is 45.9 Å². The molecular formula is C17H17BF6O4. The van der Waals surface area contributed by atoms with E-state index in [-0.39, 0.29) is 16.8 Å². The molecule has 2 aliphatic heterocycles. The predicted molar refractivity (Wildman–Crippen MR) is 88.3 cm³/mol. The van der Waals surface area contributed by atoms with Crippen LogP contribution in [0.1, 0.15) is 33.3 Å². The molecule has 4 nitrogen and oxygen atoms in total. The van der Waals surface area contributed by atoms with E-state index >= 15 is 0 Å². The minimum absolute atomic E-state index is 0.00744. The SMILES string of the molecule is CC1(C)OB(c2cc(OC(F)(F)F)cc3c2OC(C(F)(F)F)C=C3)OC1(C)C. The number of hydrogen-bond donors (Lipinski definition) is 0. The number of alkyl halides is 6. The number of halogens is 6. The highest BCUT2D eigenvalue weighted by atomic mass is 19.4. The Labute approximate surface area is 157 Å². The van der Waals surface area contributed by atoms with Crippen LogP contribution in [0, 0.1) is 0 Å². The van der Waals surface area contributed by atoms with Crippen molar-refractivity contribution in [3.63, 3.8) is 0 Å². The van der Waals surface area contributed by atoms with Crippen LogP contribution in [0.2, 0.25) is 0 Å². The van der Waals surface area contributed by atoms with Gasteiger partial charge < -0.3 is 18.8 Å². The Balaban J connectivity index is 2.08. The van der Waals surface area contributed by atoms with E-state index in [0.29, 0.717) is 6.08 Å². The summed E-state index contributed by atoms with van der Waals surface area (Å²) < 4.78 is 97.8. The number of benzene rings is 1. The summed E-state index contributed by atoms with van der Waals surface area (Å²) in [5, 5.41) is 0. The Morgan fingerprint density at radius 2 is 1.54 bits per heavy atom. The van der Waals surface area contributed by atoms with E-state index in [0.717, 1.165) is 18.2 Å². The van der Waals surface area contributed by atoms with Crippen molar-refractivity contribution in [2.75, 3.05) is 0 Å². The third-order valence-corrected chi connectivity index (χ3v) is 4.88. The molecule has 28 heavy (non-hydrogen) atoms. The summed E-state index contributed by atoms with van der Waals surface area (Å²) in [7, 11) is -1.24. The van der Waals surface area contributed by atoms with Crippen LogP contribution in [0.5, 0.6) is 11.5 Å². The molecule has 1 unspecified atom stereocenters. The Morgan fingerprint density at radius 3 is 2.04 bits per heavy atom. The summed E-state index contributed by atoms with van der Waals surface area (Å²) in [4.78, 5) is 0. The van der Waals surface area contributed by atoms with Gasteiger partial charge in [-0.1, -0.05) is 6.08 Å². The van der Waals surface area contributed by atoms with Crippen molar-refractivity contribution in [2.45, 2.75) is 57.5 Å². The number of ether oxygens (including phenoxy) is 2. The summed E-state index contributed by atoms with van der Waals surface area (Å²) >= 11 is 0. The lowest BCUT2D eigenvalue weighted by atomic mass is 9.76. The summed E-state index contributed by atoms with van der Waals surface area (Å²) in [6.07, 6.45) is -10.2. The second-order valence-corrected chi connectivity index (χ2v) is 7.51. The average Bonchev–Trinajstić information content (AvgIpc) is 2.71. The molecule has 0 spiro atoms. The van der Waals surface area contributed by atoms with Crippen LogP contribution in [-0.4, -0.2) is 37.0 Å². The Hall–Kier alpha value is -1.88. The lowest BCUT2D eigenvalue weighted by Gasteiger charge is -2.32. The highest BCUT2D eigenvalue weighted by molar-refractivity contribution is 6.63. The van der Waals surface area contributed by atoms with Gasteiger partial charge in [0.05, 0.1) is 11.2 Å². The fraction of sp³-hybridized carbons (Fsp3) is 0.529. The van der Waals surface area contributed by atoms with Crippen molar-refractivity contribution in [1.29, 1.82) is 0 Å². The van der Waals surface area contributed by atoms with Crippen LogP contribution >= 0.6 is 0 Å². The molecular weight excluding hydrogens is 393 g/mol. The van der Waals surface area contributed by atoms with Crippen LogP contribution in [0.4, 0.5) is 26.3 Å². The zero-order valence-electron chi connectivity index (χ0n) is 15.4. The fourth-order valence-corrected chi connectivity index (χ4v) is 2.78. The number of hydrogen-bond acceptors (Lipinski definition) is 4. The molecule has 0 aromatic heterocycles. The molecule has 2 heterocycles. The molecule has 1 atom stereocenters. The standard InChI is InChI=1S/C17H17BF6O4/c1-14(2)15(3,4)28-18(27-14)11-8-10(26-17(22,23)24)7-9-5-6-12(16(19,20)21)25-13(9)11/h5-8,12H,1-4H3. The van der Waals surface area contributed by atoms with Crippen LogP contribution in [0.15, 0.2) is 18.2 Å². The smallest absolute Gasteiger partial charge is 0.477 e. The topological polar surface area (TPSA) is 36.9 Å². The van der Waals surface area contributed by atoms with Gasteiger partial charge in [-0.25, -0.2) is 0 Å². The van der Waals surface area contributed by atoms with Gasteiger partial charge in [-0.2, -0.15) is 13.2 Å². The molecule has 1 saturated heterocycles. The molecule has 0 aliphatic carbocycles. The highest BCUT2D eigenvalue weighted by Crippen LogP contribution is 2.40. The first-order valence-corrected chi connectivity index (χ1v) is 8.30. The number of fused-ring (bicyclic) bond motifs is 1. The van der Waals surface area contributed by atoms with Gasteiger partial charge in [0, 0.05) is 11.0 Å². The molecule has 3 rings (SSSR count). The van der Waals surface area contributed by atoms with Gasteiger partial charge in [0.1, 0.15) is 11.5 Å². The third kappa shape index (κ3) is 3.95. The van der Waals surface area contributed by atoms with Crippen molar-refractivity contribution in [2.24, 2.45) is 0 Å². The summed E-state index contributed by atoms with van der Waals surface area (Å²) in [5.74, 6) is -0.882. The molecule has 154 valence electrons. The molecule has 1 aromatic rings. The summed E-state index contributed by atoms with van der Waals surface area (Å²) in [5.41, 5.74) is -1.85. The van der Waals surface area contributed by atoms with Crippen molar-refractivity contribution in [3.05, 3.63) is 23.8 Å². The van der Waals surface area contributed by atoms with Gasteiger partial charge >= 0.3 is 19.7 Å². The van der Waals surface area contributed by atoms with Crippen LogP contribution < -0.4 is 14.9 Å². The molecule has 0 N–H and O–H groups in total. The number of rotatable bonds is 2. The molecule has 11 heteroatoms. The second-order valence-electron chi connectivity index (χ2n) is 7.51. The van der Waals surface area contributed by atoms with E-state index < -0.39 is 42.7 Å². The van der Waals surface area contributed by atoms with Crippen LogP contribution in [0.25, 0.3) is 6.08 Å². The minimum atomic E-state index is -4.98. The Bertz CT molecular complexity index is 784. The molecule has 1 aromatic carbocycles. The zero-order valence-corrected chi connectivity index (χ0v) is 15.4. The highest BCUT2D eigenvalue weighted by Gasteiger charge is 2.53. The minimum Gasteiger partial charge on any atom is -0.477 e.